The predicted octanol–water partition coefficient (Wildman–Crippen LogP) is 0.316. The van der Waals surface area contributed by atoms with Crippen LogP contribution in [-0.4, -0.2) is 42.9 Å². The number of aryl methyl sites for hydroxylation is 1. The van der Waals surface area contributed by atoms with Gasteiger partial charge in [0.25, 0.3) is 0 Å². The number of anilines is 1. The van der Waals surface area contributed by atoms with Gasteiger partial charge in [-0.2, -0.15) is 0 Å². The summed E-state index contributed by atoms with van der Waals surface area (Å²) in [6.45, 7) is 6.02. The van der Waals surface area contributed by atoms with Crippen LogP contribution in [0.15, 0.2) is 24.3 Å². The highest BCUT2D eigenvalue weighted by atomic mass is 16.2. The lowest BCUT2D eigenvalue weighted by molar-refractivity contribution is -0.128. The maximum atomic E-state index is 12.5. The quantitative estimate of drug-likeness (QED) is 0.690. The zero-order chi connectivity index (χ0) is 18.6. The van der Waals surface area contributed by atoms with Crippen LogP contribution in [0.4, 0.5) is 5.69 Å². The van der Waals surface area contributed by atoms with Gasteiger partial charge in [0.15, 0.2) is 0 Å². The van der Waals surface area contributed by atoms with Gasteiger partial charge in [0.2, 0.25) is 17.7 Å². The lowest BCUT2D eigenvalue weighted by Crippen LogP contribution is -2.49. The number of nitrogens with one attached hydrogen (secondary N) is 2. The Balaban J connectivity index is 1.85. The number of hydrogen-bond acceptors (Lipinski definition) is 4. The maximum Gasteiger partial charge on any atom is 0.249 e. The fourth-order valence-corrected chi connectivity index (χ4v) is 2.63. The highest BCUT2D eigenvalue weighted by molar-refractivity contribution is 6.01. The van der Waals surface area contributed by atoms with Crippen LogP contribution >= 0.6 is 0 Å². The molecule has 0 radical (unpaired) electrons. The minimum Gasteiger partial charge on any atom is -0.346 e. The van der Waals surface area contributed by atoms with E-state index in [0.29, 0.717) is 13.0 Å². The highest BCUT2D eigenvalue weighted by Crippen LogP contribution is 2.21. The Hall–Kier alpha value is -2.41. The third-order valence-electron chi connectivity index (χ3n) is 4.33. The summed E-state index contributed by atoms with van der Waals surface area (Å²) in [6, 6.07) is 6.46. The van der Waals surface area contributed by atoms with Gasteiger partial charge < -0.3 is 21.3 Å². The first-order valence-electron chi connectivity index (χ1n) is 8.50. The van der Waals surface area contributed by atoms with Crippen LogP contribution < -0.4 is 21.3 Å². The summed E-state index contributed by atoms with van der Waals surface area (Å²) in [7, 11) is 0. The fourth-order valence-electron chi connectivity index (χ4n) is 2.63. The molecule has 0 aliphatic carbocycles. The molecule has 25 heavy (non-hydrogen) atoms. The predicted molar refractivity (Wildman–Crippen MR) is 95.9 cm³/mol. The number of nitrogens with two attached hydrogens (primary N) is 1. The van der Waals surface area contributed by atoms with E-state index in [1.807, 2.05) is 45.0 Å². The molecule has 1 heterocycles. The van der Waals surface area contributed by atoms with E-state index in [9.17, 15) is 14.4 Å². The average Bonchev–Trinajstić information content (AvgIpc) is 2.93. The largest absolute Gasteiger partial charge is 0.346 e. The number of amides is 3. The standard InChI is InChI=1S/C18H26N4O3/c1-11(2)16(19)17(24)20-10-15(23)21-14-8-9-22(18(14)25)13-6-4-12(3)5-7-13/h4-7,11,14,16H,8-10,19H2,1-3H3,(H,20,24)(H,21,23)/t14?,16-/m0/s1. The molecule has 1 aliphatic rings. The summed E-state index contributed by atoms with van der Waals surface area (Å²) in [5.74, 6) is -0.914. The highest BCUT2D eigenvalue weighted by Gasteiger charge is 2.33. The first-order chi connectivity index (χ1) is 11.8. The number of benzene rings is 1. The van der Waals surface area contributed by atoms with Gasteiger partial charge in [0.05, 0.1) is 12.6 Å². The first kappa shape index (κ1) is 18.9. The van der Waals surface area contributed by atoms with E-state index in [1.54, 1.807) is 4.90 Å². The normalized spacial score (nSPS) is 18.4. The fraction of sp³-hybridized carbons (Fsp3) is 0.500. The molecular weight excluding hydrogens is 320 g/mol. The molecule has 136 valence electrons. The lowest BCUT2D eigenvalue weighted by Gasteiger charge is -2.18. The van der Waals surface area contributed by atoms with E-state index in [0.717, 1.165) is 11.3 Å². The maximum absolute atomic E-state index is 12.5. The molecule has 4 N–H and O–H groups in total. The topological polar surface area (TPSA) is 105 Å². The smallest absolute Gasteiger partial charge is 0.249 e. The Morgan fingerprint density at radius 3 is 2.52 bits per heavy atom. The van der Waals surface area contributed by atoms with E-state index in [2.05, 4.69) is 10.6 Å². The lowest BCUT2D eigenvalue weighted by atomic mass is 10.1. The zero-order valence-electron chi connectivity index (χ0n) is 14.9. The molecule has 0 saturated carbocycles. The van der Waals surface area contributed by atoms with Gasteiger partial charge in [-0.05, 0) is 31.4 Å². The summed E-state index contributed by atoms with van der Waals surface area (Å²) < 4.78 is 0. The van der Waals surface area contributed by atoms with Gasteiger partial charge in [-0.1, -0.05) is 31.5 Å². The Bertz CT molecular complexity index is 642. The van der Waals surface area contributed by atoms with E-state index in [-0.39, 0.29) is 24.3 Å². The molecule has 1 saturated heterocycles. The van der Waals surface area contributed by atoms with Gasteiger partial charge in [-0.3, -0.25) is 14.4 Å². The SMILES string of the molecule is Cc1ccc(N2CCC(NC(=O)CNC(=O)[C@@H](N)C(C)C)C2=O)cc1. The third kappa shape index (κ3) is 4.79. The van der Waals surface area contributed by atoms with Crippen molar-refractivity contribution < 1.29 is 14.4 Å². The summed E-state index contributed by atoms with van der Waals surface area (Å²) in [5.41, 5.74) is 7.66. The number of nitrogens with zero attached hydrogens (tertiary/aromatic N) is 1. The molecule has 0 aromatic heterocycles. The Labute approximate surface area is 147 Å². The molecule has 1 unspecified atom stereocenters. The molecule has 1 aromatic rings. The summed E-state index contributed by atoms with van der Waals surface area (Å²) in [5, 5.41) is 5.18. The third-order valence-corrected chi connectivity index (χ3v) is 4.33. The van der Waals surface area contributed by atoms with Crippen molar-refractivity contribution in [1.82, 2.24) is 10.6 Å². The van der Waals surface area contributed by atoms with Crippen molar-refractivity contribution >= 4 is 23.4 Å². The van der Waals surface area contributed by atoms with Crippen LogP contribution in [0.2, 0.25) is 0 Å². The Morgan fingerprint density at radius 2 is 1.92 bits per heavy atom. The number of carbonyl (C=O) groups excluding carboxylic acids is 3. The van der Waals surface area contributed by atoms with Crippen LogP contribution in [0.3, 0.4) is 0 Å². The van der Waals surface area contributed by atoms with Gasteiger partial charge in [-0.25, -0.2) is 0 Å². The van der Waals surface area contributed by atoms with Crippen molar-refractivity contribution in [3.63, 3.8) is 0 Å². The van der Waals surface area contributed by atoms with Crippen LogP contribution in [0.1, 0.15) is 25.8 Å². The molecule has 2 atom stereocenters. The molecule has 1 aliphatic heterocycles. The summed E-state index contributed by atoms with van der Waals surface area (Å²) in [6.07, 6.45) is 0.540. The molecule has 7 heteroatoms. The molecule has 1 fully saturated rings. The number of hydrogen-bond donors (Lipinski definition) is 3. The number of carbonyl (C=O) groups is 3. The van der Waals surface area contributed by atoms with Crippen molar-refractivity contribution in [2.45, 2.75) is 39.3 Å². The molecule has 7 nitrogen and oxygen atoms in total. The molecule has 2 rings (SSSR count). The van der Waals surface area contributed by atoms with Crippen molar-refractivity contribution in [3.05, 3.63) is 29.8 Å². The second kappa shape index (κ2) is 8.11. The molecule has 0 spiro atoms. The first-order valence-corrected chi connectivity index (χ1v) is 8.50. The van der Waals surface area contributed by atoms with Crippen molar-refractivity contribution in [2.75, 3.05) is 18.0 Å². The van der Waals surface area contributed by atoms with E-state index >= 15 is 0 Å². The Morgan fingerprint density at radius 1 is 1.28 bits per heavy atom. The van der Waals surface area contributed by atoms with E-state index in [1.165, 1.54) is 0 Å². The van der Waals surface area contributed by atoms with Gasteiger partial charge in [0, 0.05) is 12.2 Å². The molecule has 3 amide bonds. The van der Waals surface area contributed by atoms with Crippen LogP contribution in [0.5, 0.6) is 0 Å². The van der Waals surface area contributed by atoms with Crippen molar-refractivity contribution in [3.8, 4) is 0 Å². The van der Waals surface area contributed by atoms with Crippen molar-refractivity contribution in [2.24, 2.45) is 11.7 Å². The second-order valence-electron chi connectivity index (χ2n) is 6.72. The van der Waals surface area contributed by atoms with Crippen LogP contribution in [0, 0.1) is 12.8 Å². The van der Waals surface area contributed by atoms with Crippen LogP contribution in [-0.2, 0) is 14.4 Å². The van der Waals surface area contributed by atoms with Gasteiger partial charge in [0.1, 0.15) is 6.04 Å². The van der Waals surface area contributed by atoms with E-state index < -0.39 is 18.0 Å². The molecular formula is C18H26N4O3. The Kier molecular flexibility index (Phi) is 6.14. The minimum absolute atomic E-state index is 0.0115. The van der Waals surface area contributed by atoms with Crippen LogP contribution in [0.25, 0.3) is 0 Å². The van der Waals surface area contributed by atoms with E-state index in [4.69, 9.17) is 5.73 Å². The monoisotopic (exact) mass is 346 g/mol. The van der Waals surface area contributed by atoms with Gasteiger partial charge in [-0.15, -0.1) is 0 Å². The van der Waals surface area contributed by atoms with Gasteiger partial charge >= 0.3 is 0 Å². The zero-order valence-corrected chi connectivity index (χ0v) is 14.9. The molecule has 1 aromatic carbocycles. The van der Waals surface area contributed by atoms with Crippen molar-refractivity contribution in [1.29, 1.82) is 0 Å². The average molecular weight is 346 g/mol. The minimum atomic E-state index is -0.655. The molecule has 0 bridgehead atoms. The summed E-state index contributed by atoms with van der Waals surface area (Å²) >= 11 is 0. The number of rotatable bonds is 6. The second-order valence-corrected chi connectivity index (χ2v) is 6.72. The summed E-state index contributed by atoms with van der Waals surface area (Å²) in [4.78, 5) is 37.9.